The van der Waals surface area contributed by atoms with E-state index in [0.29, 0.717) is 5.56 Å². The van der Waals surface area contributed by atoms with Gasteiger partial charge in [-0.25, -0.2) is 0 Å². The number of carbonyl (C=O) groups is 2. The van der Waals surface area contributed by atoms with Gasteiger partial charge in [-0.15, -0.1) is 0 Å². The molecule has 4 heteroatoms. The number of amides is 2. The van der Waals surface area contributed by atoms with Crippen LogP contribution in [0.25, 0.3) is 0 Å². The van der Waals surface area contributed by atoms with E-state index in [-0.39, 0.29) is 24.4 Å². The van der Waals surface area contributed by atoms with E-state index in [9.17, 15) is 9.59 Å². The highest BCUT2D eigenvalue weighted by Crippen LogP contribution is 2.06. The molecule has 0 unspecified atom stereocenters. The number of benzene rings is 1. The zero-order chi connectivity index (χ0) is 13.7. The molecule has 0 aliphatic rings. The van der Waals surface area contributed by atoms with E-state index in [2.05, 4.69) is 5.32 Å². The summed E-state index contributed by atoms with van der Waals surface area (Å²) in [5.74, 6) is -0.286. The molecule has 0 saturated heterocycles. The standard InChI is InChI=1S/C14H20N2O2/c1-10(2)15-13(17)9-16(4)14(18)12-7-5-6-11(3)8-12/h5-8,10H,9H2,1-4H3,(H,15,17). The quantitative estimate of drug-likeness (QED) is 0.879. The Morgan fingerprint density at radius 3 is 2.56 bits per heavy atom. The zero-order valence-corrected chi connectivity index (χ0v) is 11.4. The van der Waals surface area contributed by atoms with Crippen LogP contribution in [0.2, 0.25) is 0 Å². The summed E-state index contributed by atoms with van der Waals surface area (Å²) in [6.45, 7) is 5.79. The van der Waals surface area contributed by atoms with Gasteiger partial charge >= 0.3 is 0 Å². The molecule has 98 valence electrons. The normalized spacial score (nSPS) is 10.3. The molecule has 0 spiro atoms. The molecule has 0 aromatic heterocycles. The molecule has 0 radical (unpaired) electrons. The van der Waals surface area contributed by atoms with Crippen molar-refractivity contribution in [3.8, 4) is 0 Å². The van der Waals surface area contributed by atoms with E-state index in [1.165, 1.54) is 4.90 Å². The predicted octanol–water partition coefficient (Wildman–Crippen LogP) is 1.59. The van der Waals surface area contributed by atoms with Crippen LogP contribution in [-0.4, -0.2) is 36.3 Å². The van der Waals surface area contributed by atoms with Gasteiger partial charge in [0, 0.05) is 18.7 Å². The molecular formula is C14H20N2O2. The first-order chi connectivity index (χ1) is 8.40. The van der Waals surface area contributed by atoms with Gasteiger partial charge in [-0.05, 0) is 32.9 Å². The van der Waals surface area contributed by atoms with Crippen molar-refractivity contribution >= 4 is 11.8 Å². The minimum Gasteiger partial charge on any atom is -0.352 e. The van der Waals surface area contributed by atoms with Crippen LogP contribution in [0.3, 0.4) is 0 Å². The second-order valence-corrected chi connectivity index (χ2v) is 4.75. The van der Waals surface area contributed by atoms with Gasteiger partial charge in [0.1, 0.15) is 0 Å². The molecule has 0 fully saturated rings. The number of carbonyl (C=O) groups excluding carboxylic acids is 2. The molecule has 2 amide bonds. The second kappa shape index (κ2) is 6.19. The minimum absolute atomic E-state index is 0.0744. The van der Waals surface area contributed by atoms with E-state index >= 15 is 0 Å². The maximum Gasteiger partial charge on any atom is 0.254 e. The van der Waals surface area contributed by atoms with Crippen molar-refractivity contribution in [1.82, 2.24) is 10.2 Å². The highest BCUT2D eigenvalue weighted by atomic mass is 16.2. The molecule has 1 aromatic rings. The van der Waals surface area contributed by atoms with Crippen molar-refractivity contribution < 1.29 is 9.59 Å². The Morgan fingerprint density at radius 2 is 2.00 bits per heavy atom. The van der Waals surface area contributed by atoms with Crippen molar-refractivity contribution in [1.29, 1.82) is 0 Å². The summed E-state index contributed by atoms with van der Waals surface area (Å²) in [5.41, 5.74) is 1.63. The van der Waals surface area contributed by atoms with Gasteiger partial charge in [-0.3, -0.25) is 9.59 Å². The third kappa shape index (κ3) is 4.20. The summed E-state index contributed by atoms with van der Waals surface area (Å²) < 4.78 is 0. The molecule has 18 heavy (non-hydrogen) atoms. The number of hydrogen-bond donors (Lipinski definition) is 1. The lowest BCUT2D eigenvalue weighted by Gasteiger charge is -2.18. The molecule has 0 saturated carbocycles. The monoisotopic (exact) mass is 248 g/mol. The van der Waals surface area contributed by atoms with Crippen molar-refractivity contribution in [2.75, 3.05) is 13.6 Å². The van der Waals surface area contributed by atoms with Crippen LogP contribution in [0, 0.1) is 6.92 Å². The number of aryl methyl sites for hydroxylation is 1. The zero-order valence-electron chi connectivity index (χ0n) is 11.4. The number of likely N-dealkylation sites (N-methyl/N-ethyl adjacent to an activating group) is 1. The maximum absolute atomic E-state index is 12.1. The number of hydrogen-bond acceptors (Lipinski definition) is 2. The smallest absolute Gasteiger partial charge is 0.254 e. The molecule has 1 rings (SSSR count). The first kappa shape index (κ1) is 14.2. The molecule has 1 aromatic carbocycles. The number of rotatable bonds is 4. The van der Waals surface area contributed by atoms with Crippen LogP contribution in [0.1, 0.15) is 29.8 Å². The van der Waals surface area contributed by atoms with E-state index in [0.717, 1.165) is 5.56 Å². The highest BCUT2D eigenvalue weighted by molar-refractivity contribution is 5.96. The maximum atomic E-state index is 12.1. The lowest BCUT2D eigenvalue weighted by atomic mass is 10.1. The SMILES string of the molecule is Cc1cccc(C(=O)N(C)CC(=O)NC(C)C)c1. The minimum atomic E-state index is -0.145. The first-order valence-electron chi connectivity index (χ1n) is 6.01. The fourth-order valence-electron chi connectivity index (χ4n) is 1.65. The summed E-state index contributed by atoms with van der Waals surface area (Å²) in [6.07, 6.45) is 0. The third-order valence-electron chi connectivity index (χ3n) is 2.44. The fraction of sp³-hybridized carbons (Fsp3) is 0.429. The molecule has 0 aliphatic heterocycles. The van der Waals surface area contributed by atoms with Gasteiger partial charge < -0.3 is 10.2 Å². The highest BCUT2D eigenvalue weighted by Gasteiger charge is 2.15. The summed E-state index contributed by atoms with van der Waals surface area (Å²) in [7, 11) is 1.63. The summed E-state index contributed by atoms with van der Waals surface area (Å²) in [5, 5.41) is 2.76. The van der Waals surface area contributed by atoms with Crippen LogP contribution in [0.5, 0.6) is 0 Å². The lowest BCUT2D eigenvalue weighted by molar-refractivity contribution is -0.122. The molecule has 0 aliphatic carbocycles. The summed E-state index contributed by atoms with van der Waals surface area (Å²) in [4.78, 5) is 25.0. The Bertz CT molecular complexity index is 441. The third-order valence-corrected chi connectivity index (χ3v) is 2.44. The van der Waals surface area contributed by atoms with E-state index in [4.69, 9.17) is 0 Å². The van der Waals surface area contributed by atoms with E-state index in [1.807, 2.05) is 39.0 Å². The Labute approximate surface area is 108 Å². The van der Waals surface area contributed by atoms with Gasteiger partial charge in [-0.1, -0.05) is 17.7 Å². The molecular weight excluding hydrogens is 228 g/mol. The Balaban J connectivity index is 2.64. The predicted molar refractivity (Wildman–Crippen MR) is 71.4 cm³/mol. The fourth-order valence-corrected chi connectivity index (χ4v) is 1.65. The van der Waals surface area contributed by atoms with Crippen molar-refractivity contribution in [2.45, 2.75) is 26.8 Å². The average Bonchev–Trinajstić information content (AvgIpc) is 2.26. The molecule has 1 N–H and O–H groups in total. The summed E-state index contributed by atoms with van der Waals surface area (Å²) >= 11 is 0. The second-order valence-electron chi connectivity index (χ2n) is 4.75. The van der Waals surface area contributed by atoms with Gasteiger partial charge in [0.05, 0.1) is 6.54 Å². The van der Waals surface area contributed by atoms with Crippen LogP contribution in [0.15, 0.2) is 24.3 Å². The molecule has 0 heterocycles. The molecule has 0 atom stereocenters. The molecule has 4 nitrogen and oxygen atoms in total. The summed E-state index contributed by atoms with van der Waals surface area (Å²) in [6, 6.07) is 7.43. The molecule has 0 bridgehead atoms. The van der Waals surface area contributed by atoms with Crippen LogP contribution in [-0.2, 0) is 4.79 Å². The van der Waals surface area contributed by atoms with Crippen molar-refractivity contribution in [2.24, 2.45) is 0 Å². The van der Waals surface area contributed by atoms with Crippen LogP contribution in [0.4, 0.5) is 0 Å². The van der Waals surface area contributed by atoms with Crippen molar-refractivity contribution in [3.63, 3.8) is 0 Å². The van der Waals surface area contributed by atoms with E-state index in [1.54, 1.807) is 13.1 Å². The van der Waals surface area contributed by atoms with Crippen LogP contribution < -0.4 is 5.32 Å². The number of nitrogens with zero attached hydrogens (tertiary/aromatic N) is 1. The van der Waals surface area contributed by atoms with Gasteiger partial charge in [0.2, 0.25) is 5.91 Å². The Kier molecular flexibility index (Phi) is 4.89. The lowest BCUT2D eigenvalue weighted by Crippen LogP contribution is -2.40. The van der Waals surface area contributed by atoms with Gasteiger partial charge in [0.15, 0.2) is 0 Å². The number of nitrogens with one attached hydrogen (secondary N) is 1. The Morgan fingerprint density at radius 1 is 1.33 bits per heavy atom. The first-order valence-corrected chi connectivity index (χ1v) is 6.01. The van der Waals surface area contributed by atoms with Crippen molar-refractivity contribution in [3.05, 3.63) is 35.4 Å². The van der Waals surface area contributed by atoms with Gasteiger partial charge in [-0.2, -0.15) is 0 Å². The topological polar surface area (TPSA) is 49.4 Å². The largest absolute Gasteiger partial charge is 0.352 e. The Hall–Kier alpha value is -1.84. The average molecular weight is 248 g/mol. The van der Waals surface area contributed by atoms with E-state index < -0.39 is 0 Å². The van der Waals surface area contributed by atoms with Gasteiger partial charge in [0.25, 0.3) is 5.91 Å². The van der Waals surface area contributed by atoms with Crippen LogP contribution >= 0.6 is 0 Å².